The van der Waals surface area contributed by atoms with Crippen LogP contribution in [0.25, 0.3) is 0 Å². The Morgan fingerprint density at radius 2 is 1.80 bits per heavy atom. The normalized spacial score (nSPS) is 12.6. The number of ether oxygens (including phenoxy) is 1. The van der Waals surface area contributed by atoms with Crippen molar-refractivity contribution < 1.29 is 39.5 Å². The number of carbonyl (C=O) groups is 1. The zero-order valence-electron chi connectivity index (χ0n) is 12.4. The minimum atomic E-state index is -5.83. The summed E-state index contributed by atoms with van der Waals surface area (Å²) in [6, 6.07) is 2.01. The number of alkyl halides is 3. The van der Waals surface area contributed by atoms with E-state index in [0.717, 1.165) is 12.1 Å². The van der Waals surface area contributed by atoms with E-state index in [9.17, 15) is 34.8 Å². The molecule has 0 bridgehead atoms. The van der Waals surface area contributed by atoms with Crippen LogP contribution in [0.2, 0.25) is 0 Å². The highest BCUT2D eigenvalue weighted by molar-refractivity contribution is 7.92. The molecule has 5 N–H and O–H groups in total. The average molecular weight is 405 g/mol. The third kappa shape index (κ3) is 5.47. The lowest BCUT2D eigenvalue weighted by molar-refractivity contribution is -0.0435. The van der Waals surface area contributed by atoms with Crippen LogP contribution in [-0.2, 0) is 24.6 Å². The largest absolute Gasteiger partial charge is 0.501 e. The molecule has 1 amide bonds. The Hall–Kier alpha value is -2.06. The number of anilines is 1. The molecule has 25 heavy (non-hydrogen) atoms. The Labute approximate surface area is 141 Å². The molecule has 0 saturated heterocycles. The number of amides is 1. The van der Waals surface area contributed by atoms with Gasteiger partial charge in [0, 0.05) is 6.54 Å². The maximum Gasteiger partial charge on any atom is 0.501 e. The lowest BCUT2D eigenvalue weighted by Crippen LogP contribution is -2.25. The van der Waals surface area contributed by atoms with Gasteiger partial charge in [-0.05, 0) is 24.6 Å². The maximum atomic E-state index is 12.8. The maximum absolute atomic E-state index is 12.8. The number of primary sulfonamides is 1. The second kappa shape index (κ2) is 7.45. The van der Waals surface area contributed by atoms with E-state index >= 15 is 0 Å². The summed E-state index contributed by atoms with van der Waals surface area (Å²) in [5, 5.41) is 7.21. The zero-order valence-corrected chi connectivity index (χ0v) is 14.0. The fraction of sp³-hybridized carbons (Fsp3) is 0.364. The summed E-state index contributed by atoms with van der Waals surface area (Å²) in [5.74, 6) is 0. The highest BCUT2D eigenvalue weighted by Gasteiger charge is 2.48. The Kier molecular flexibility index (Phi) is 6.25. The Morgan fingerprint density at radius 3 is 2.28 bits per heavy atom. The Bertz CT molecular complexity index is 852. The van der Waals surface area contributed by atoms with Crippen LogP contribution < -0.4 is 16.2 Å². The van der Waals surface area contributed by atoms with Crippen molar-refractivity contribution in [1.29, 1.82) is 0 Å². The number of primary amides is 1. The minimum Gasteiger partial charge on any atom is -0.450 e. The smallest absolute Gasteiger partial charge is 0.450 e. The number of sulfonamides is 1. The fourth-order valence-electron chi connectivity index (χ4n) is 1.64. The SMILES string of the molecule is NC(=O)OCCCNc1ccc(S(N)(=O)=O)cc1S(=O)(=O)C(F)(F)F. The van der Waals surface area contributed by atoms with Crippen molar-refractivity contribution in [3.05, 3.63) is 18.2 Å². The molecule has 0 unspecified atom stereocenters. The van der Waals surface area contributed by atoms with Crippen molar-refractivity contribution in [3.63, 3.8) is 0 Å². The molecule has 1 aromatic rings. The van der Waals surface area contributed by atoms with Gasteiger partial charge in [-0.3, -0.25) is 0 Å². The first kappa shape index (κ1) is 21.0. The van der Waals surface area contributed by atoms with Gasteiger partial charge in [-0.1, -0.05) is 0 Å². The van der Waals surface area contributed by atoms with Gasteiger partial charge in [-0.15, -0.1) is 0 Å². The van der Waals surface area contributed by atoms with Crippen molar-refractivity contribution in [1.82, 2.24) is 0 Å². The number of nitrogens with one attached hydrogen (secondary N) is 1. The lowest BCUT2D eigenvalue weighted by Gasteiger charge is -2.15. The number of halogens is 3. The third-order valence-corrected chi connectivity index (χ3v) is 5.19. The van der Waals surface area contributed by atoms with Crippen LogP contribution in [0.3, 0.4) is 0 Å². The second-order valence-electron chi connectivity index (χ2n) is 4.60. The molecule has 0 aromatic heterocycles. The summed E-state index contributed by atoms with van der Waals surface area (Å²) in [6.45, 7) is -0.235. The molecular weight excluding hydrogens is 391 g/mol. The van der Waals surface area contributed by atoms with Gasteiger partial charge in [0.15, 0.2) is 0 Å². The molecule has 142 valence electrons. The first-order valence-electron chi connectivity index (χ1n) is 6.41. The highest BCUT2D eigenvalue weighted by Crippen LogP contribution is 2.35. The first-order valence-corrected chi connectivity index (χ1v) is 9.44. The molecule has 0 aliphatic heterocycles. The fourth-order valence-corrected chi connectivity index (χ4v) is 3.22. The summed E-state index contributed by atoms with van der Waals surface area (Å²) >= 11 is 0. The molecular formula is C11H14F3N3O6S2. The summed E-state index contributed by atoms with van der Waals surface area (Å²) in [4.78, 5) is 8.28. The first-order chi connectivity index (χ1) is 11.3. The van der Waals surface area contributed by atoms with Gasteiger partial charge in [0.1, 0.15) is 4.90 Å². The Morgan fingerprint density at radius 1 is 1.20 bits per heavy atom. The lowest BCUT2D eigenvalue weighted by atomic mass is 10.3. The van der Waals surface area contributed by atoms with E-state index in [0.29, 0.717) is 6.07 Å². The van der Waals surface area contributed by atoms with Crippen molar-refractivity contribution >= 4 is 31.6 Å². The molecule has 0 spiro atoms. The van der Waals surface area contributed by atoms with E-state index < -0.39 is 46.9 Å². The number of hydrogen-bond donors (Lipinski definition) is 3. The number of rotatable bonds is 7. The van der Waals surface area contributed by atoms with Crippen LogP contribution in [-0.4, -0.2) is 41.6 Å². The van der Waals surface area contributed by atoms with E-state index in [1.807, 2.05) is 0 Å². The third-order valence-electron chi connectivity index (χ3n) is 2.76. The van der Waals surface area contributed by atoms with E-state index in [1.165, 1.54) is 0 Å². The van der Waals surface area contributed by atoms with Gasteiger partial charge in [0.05, 0.1) is 17.2 Å². The van der Waals surface area contributed by atoms with E-state index in [4.69, 9.17) is 10.9 Å². The standard InChI is InChI=1S/C11H14F3N3O6S2/c12-11(13,14)24(19,20)9-6-7(25(16,21)22)2-3-8(9)17-4-1-5-23-10(15)18/h2-3,6,17H,1,4-5H2,(H2,15,18)(H2,16,21,22). The molecule has 9 nitrogen and oxygen atoms in total. The Balaban J connectivity index is 3.19. The summed E-state index contributed by atoms with van der Waals surface area (Å²) in [5.41, 5.74) is -1.41. The number of carbonyl (C=O) groups excluding carboxylic acids is 1. The number of benzene rings is 1. The second-order valence-corrected chi connectivity index (χ2v) is 8.07. The molecule has 14 heteroatoms. The number of sulfone groups is 1. The van der Waals surface area contributed by atoms with Crippen LogP contribution >= 0.6 is 0 Å². The topological polar surface area (TPSA) is 159 Å². The molecule has 1 rings (SSSR count). The molecule has 0 atom stereocenters. The monoisotopic (exact) mass is 405 g/mol. The zero-order chi connectivity index (χ0) is 19.5. The van der Waals surface area contributed by atoms with Crippen LogP contribution in [0.1, 0.15) is 6.42 Å². The summed E-state index contributed by atoms with van der Waals surface area (Å²) < 4.78 is 88.6. The van der Waals surface area contributed by atoms with Gasteiger partial charge >= 0.3 is 11.6 Å². The van der Waals surface area contributed by atoms with E-state index in [1.54, 1.807) is 0 Å². The molecule has 0 saturated carbocycles. The van der Waals surface area contributed by atoms with Gasteiger partial charge in [0.25, 0.3) is 9.84 Å². The van der Waals surface area contributed by atoms with E-state index in [2.05, 4.69) is 10.1 Å². The van der Waals surface area contributed by atoms with Crippen molar-refractivity contribution in [2.24, 2.45) is 10.9 Å². The quantitative estimate of drug-likeness (QED) is 0.558. The summed E-state index contributed by atoms with van der Waals surface area (Å²) in [7, 11) is -10.3. The van der Waals surface area contributed by atoms with E-state index in [-0.39, 0.29) is 19.6 Å². The van der Waals surface area contributed by atoms with Gasteiger partial charge in [-0.25, -0.2) is 26.8 Å². The van der Waals surface area contributed by atoms with Crippen molar-refractivity contribution in [2.75, 3.05) is 18.5 Å². The van der Waals surface area contributed by atoms with Gasteiger partial charge < -0.3 is 15.8 Å². The number of nitrogens with two attached hydrogens (primary N) is 2. The predicted octanol–water partition coefficient (Wildman–Crippen LogP) is 0.525. The van der Waals surface area contributed by atoms with Crippen molar-refractivity contribution in [2.45, 2.75) is 21.7 Å². The molecule has 0 radical (unpaired) electrons. The number of hydrogen-bond acceptors (Lipinski definition) is 7. The molecule has 0 aliphatic carbocycles. The van der Waals surface area contributed by atoms with Crippen LogP contribution in [0.5, 0.6) is 0 Å². The molecule has 0 heterocycles. The van der Waals surface area contributed by atoms with Crippen LogP contribution in [0, 0.1) is 0 Å². The molecule has 1 aromatic carbocycles. The van der Waals surface area contributed by atoms with Crippen LogP contribution in [0.15, 0.2) is 28.0 Å². The predicted molar refractivity (Wildman–Crippen MR) is 79.7 cm³/mol. The average Bonchev–Trinajstić information content (AvgIpc) is 2.44. The minimum absolute atomic E-state index is 0.0810. The summed E-state index contributed by atoms with van der Waals surface area (Å²) in [6.07, 6.45) is -0.941. The molecule has 0 fully saturated rings. The van der Waals surface area contributed by atoms with Crippen molar-refractivity contribution in [3.8, 4) is 0 Å². The highest BCUT2D eigenvalue weighted by atomic mass is 32.2. The molecule has 0 aliphatic rings. The van der Waals surface area contributed by atoms with Crippen LogP contribution in [0.4, 0.5) is 23.7 Å². The van der Waals surface area contributed by atoms with Gasteiger partial charge in [0.2, 0.25) is 10.0 Å². The van der Waals surface area contributed by atoms with Gasteiger partial charge in [-0.2, -0.15) is 13.2 Å².